The molecule has 0 saturated carbocycles. The number of aromatic amines is 1. The molecule has 2 aromatic rings. The normalized spacial score (nSPS) is 13.4. The molecular weight excluding hydrogens is 329 g/mol. The molecule has 0 spiro atoms. The molecule has 0 amide bonds. The Morgan fingerprint density at radius 2 is 2.08 bits per heavy atom. The van der Waals surface area contributed by atoms with Crippen LogP contribution in [0.15, 0.2) is 30.9 Å². The highest BCUT2D eigenvalue weighted by Gasteiger charge is 2.39. The first kappa shape index (κ1) is 19.4. The van der Waals surface area contributed by atoms with Gasteiger partial charge in [0.15, 0.2) is 0 Å². The lowest BCUT2D eigenvalue weighted by molar-refractivity contribution is -0.177. The molecule has 6 heteroatoms. The minimum absolute atomic E-state index is 0.201. The molecule has 1 aromatic carbocycles. The first-order chi connectivity index (χ1) is 11.8. The van der Waals surface area contributed by atoms with Gasteiger partial charge in [-0.25, -0.2) is 0 Å². The van der Waals surface area contributed by atoms with Gasteiger partial charge in [-0.05, 0) is 51.0 Å². The number of rotatable bonds is 8. The van der Waals surface area contributed by atoms with Crippen LogP contribution >= 0.6 is 0 Å². The SMILES string of the molecule is C=CCN(CCc1c(C)[nH]c2ccc(OCC)cc12)C(C)C(F)(F)F. The highest BCUT2D eigenvalue weighted by molar-refractivity contribution is 5.86. The molecule has 0 bridgehead atoms. The Kier molecular flexibility index (Phi) is 6.16. The smallest absolute Gasteiger partial charge is 0.403 e. The number of alkyl halides is 3. The maximum atomic E-state index is 13.1. The summed E-state index contributed by atoms with van der Waals surface area (Å²) in [5, 5.41) is 1.00. The number of fused-ring (bicyclic) bond motifs is 1. The van der Waals surface area contributed by atoms with Gasteiger partial charge >= 0.3 is 6.18 Å². The van der Waals surface area contributed by atoms with E-state index in [4.69, 9.17) is 4.74 Å². The van der Waals surface area contributed by atoms with Crippen molar-refractivity contribution in [3.05, 3.63) is 42.1 Å². The van der Waals surface area contributed by atoms with Crippen molar-refractivity contribution in [3.8, 4) is 5.75 Å². The third kappa shape index (κ3) is 4.57. The third-order valence-corrected chi connectivity index (χ3v) is 4.44. The van der Waals surface area contributed by atoms with Gasteiger partial charge in [-0.15, -0.1) is 6.58 Å². The molecule has 0 fully saturated rings. The van der Waals surface area contributed by atoms with Crippen LogP contribution in [0.1, 0.15) is 25.1 Å². The van der Waals surface area contributed by atoms with E-state index in [0.29, 0.717) is 19.6 Å². The molecule has 1 N–H and O–H groups in total. The molecule has 1 aromatic heterocycles. The molecule has 1 unspecified atom stereocenters. The molecule has 0 radical (unpaired) electrons. The minimum Gasteiger partial charge on any atom is -0.494 e. The number of H-pyrrole nitrogens is 1. The lowest BCUT2D eigenvalue weighted by Crippen LogP contribution is -2.44. The molecule has 0 aliphatic rings. The molecule has 138 valence electrons. The summed E-state index contributed by atoms with van der Waals surface area (Å²) in [4.78, 5) is 4.70. The summed E-state index contributed by atoms with van der Waals surface area (Å²) in [6.45, 7) is 9.71. The topological polar surface area (TPSA) is 28.3 Å². The number of benzene rings is 1. The second-order valence-corrected chi connectivity index (χ2v) is 6.12. The van der Waals surface area contributed by atoms with Crippen molar-refractivity contribution in [3.63, 3.8) is 0 Å². The fraction of sp³-hybridized carbons (Fsp3) is 0.474. The van der Waals surface area contributed by atoms with Gasteiger partial charge in [-0.1, -0.05) is 6.08 Å². The monoisotopic (exact) mass is 354 g/mol. The van der Waals surface area contributed by atoms with E-state index < -0.39 is 12.2 Å². The largest absolute Gasteiger partial charge is 0.494 e. The number of hydrogen-bond donors (Lipinski definition) is 1. The van der Waals surface area contributed by atoms with Crippen molar-refractivity contribution in [2.24, 2.45) is 0 Å². The molecule has 0 aliphatic carbocycles. The summed E-state index contributed by atoms with van der Waals surface area (Å²) in [5.41, 5.74) is 2.97. The zero-order valence-corrected chi connectivity index (χ0v) is 14.9. The van der Waals surface area contributed by atoms with Crippen molar-refractivity contribution in [1.29, 1.82) is 0 Å². The van der Waals surface area contributed by atoms with E-state index in [9.17, 15) is 13.2 Å². The molecule has 3 nitrogen and oxygen atoms in total. The summed E-state index contributed by atoms with van der Waals surface area (Å²) in [5.74, 6) is 0.766. The minimum atomic E-state index is -4.25. The number of aromatic nitrogens is 1. The van der Waals surface area contributed by atoms with Crippen molar-refractivity contribution in [2.45, 2.75) is 39.4 Å². The standard InChI is InChI=1S/C19H25F3N2O/c1-5-10-24(14(4)19(20,21)22)11-9-16-13(3)23-18-8-7-15(25-6-2)12-17(16)18/h5,7-8,12,14,23H,1,6,9-11H2,2-4H3. The van der Waals surface area contributed by atoms with E-state index in [1.54, 1.807) is 0 Å². The Balaban J connectivity index is 2.24. The van der Waals surface area contributed by atoms with E-state index in [-0.39, 0.29) is 6.54 Å². The summed E-state index contributed by atoms with van der Waals surface area (Å²) in [6.07, 6.45) is -2.21. The van der Waals surface area contributed by atoms with Gasteiger partial charge in [0.2, 0.25) is 0 Å². The van der Waals surface area contributed by atoms with Gasteiger partial charge in [0.25, 0.3) is 0 Å². The number of ether oxygens (including phenoxy) is 1. The van der Waals surface area contributed by atoms with E-state index in [1.807, 2.05) is 32.0 Å². The fourth-order valence-corrected chi connectivity index (χ4v) is 3.01. The van der Waals surface area contributed by atoms with Gasteiger partial charge < -0.3 is 9.72 Å². The van der Waals surface area contributed by atoms with Crippen LogP contribution in [0.2, 0.25) is 0 Å². The number of nitrogens with zero attached hydrogens (tertiary/aromatic N) is 1. The molecule has 1 heterocycles. The quantitative estimate of drug-likeness (QED) is 0.686. The first-order valence-electron chi connectivity index (χ1n) is 8.43. The summed E-state index contributed by atoms with van der Waals surface area (Å²) in [6, 6.07) is 4.27. The van der Waals surface area contributed by atoms with Gasteiger partial charge in [0.05, 0.1) is 6.61 Å². The van der Waals surface area contributed by atoms with Crippen molar-refractivity contribution in [1.82, 2.24) is 9.88 Å². The van der Waals surface area contributed by atoms with Gasteiger partial charge in [0.1, 0.15) is 11.8 Å². The maximum absolute atomic E-state index is 13.1. The average molecular weight is 354 g/mol. The second kappa shape index (κ2) is 7.95. The number of nitrogens with one attached hydrogen (secondary N) is 1. The number of hydrogen-bond acceptors (Lipinski definition) is 2. The van der Waals surface area contributed by atoms with Gasteiger partial charge in [0, 0.05) is 29.7 Å². The molecule has 25 heavy (non-hydrogen) atoms. The zero-order valence-electron chi connectivity index (χ0n) is 14.9. The lowest BCUT2D eigenvalue weighted by atomic mass is 10.1. The van der Waals surface area contributed by atoms with Crippen LogP contribution in [-0.4, -0.2) is 41.8 Å². The molecule has 0 aliphatic heterocycles. The highest BCUT2D eigenvalue weighted by atomic mass is 19.4. The fourth-order valence-electron chi connectivity index (χ4n) is 3.01. The number of aryl methyl sites for hydroxylation is 1. The Hall–Kier alpha value is -1.95. The van der Waals surface area contributed by atoms with Crippen LogP contribution in [0.4, 0.5) is 13.2 Å². The van der Waals surface area contributed by atoms with Crippen molar-refractivity contribution in [2.75, 3.05) is 19.7 Å². The molecule has 0 saturated heterocycles. The van der Waals surface area contributed by atoms with Crippen molar-refractivity contribution >= 4 is 10.9 Å². The highest BCUT2D eigenvalue weighted by Crippen LogP contribution is 2.28. The van der Waals surface area contributed by atoms with E-state index in [0.717, 1.165) is 27.9 Å². The Morgan fingerprint density at radius 3 is 2.68 bits per heavy atom. The zero-order chi connectivity index (χ0) is 18.6. The third-order valence-electron chi connectivity index (χ3n) is 4.44. The summed E-state index contributed by atoms with van der Waals surface area (Å²) >= 11 is 0. The second-order valence-electron chi connectivity index (χ2n) is 6.12. The van der Waals surface area contributed by atoms with Gasteiger partial charge in [-0.2, -0.15) is 13.2 Å². The predicted octanol–water partition coefficient (Wildman–Crippen LogP) is 4.86. The van der Waals surface area contributed by atoms with Crippen LogP contribution in [0.5, 0.6) is 5.75 Å². The van der Waals surface area contributed by atoms with E-state index in [2.05, 4.69) is 11.6 Å². The van der Waals surface area contributed by atoms with Crippen LogP contribution < -0.4 is 4.74 Å². The maximum Gasteiger partial charge on any atom is 0.403 e. The molecule has 2 rings (SSSR count). The summed E-state index contributed by atoms with van der Waals surface area (Å²) in [7, 11) is 0. The first-order valence-corrected chi connectivity index (χ1v) is 8.43. The van der Waals surface area contributed by atoms with Crippen LogP contribution in [-0.2, 0) is 6.42 Å². The summed E-state index contributed by atoms with van der Waals surface area (Å²) < 4.78 is 44.7. The van der Waals surface area contributed by atoms with Crippen molar-refractivity contribution < 1.29 is 17.9 Å². The van der Waals surface area contributed by atoms with Crippen LogP contribution in [0, 0.1) is 6.92 Å². The van der Waals surface area contributed by atoms with Gasteiger partial charge in [-0.3, -0.25) is 4.90 Å². The molecule has 1 atom stereocenters. The Bertz CT molecular complexity index is 721. The lowest BCUT2D eigenvalue weighted by Gasteiger charge is -2.29. The molecular formula is C19H25F3N2O. The number of halogens is 3. The predicted molar refractivity (Wildman–Crippen MR) is 95.2 cm³/mol. The van der Waals surface area contributed by atoms with E-state index in [1.165, 1.54) is 17.9 Å². The van der Waals surface area contributed by atoms with E-state index >= 15 is 0 Å². The van der Waals surface area contributed by atoms with Crippen LogP contribution in [0.25, 0.3) is 10.9 Å². The average Bonchev–Trinajstić information content (AvgIpc) is 2.85. The Morgan fingerprint density at radius 1 is 1.36 bits per heavy atom. The van der Waals surface area contributed by atoms with Crippen LogP contribution in [0.3, 0.4) is 0 Å². The Labute approximate surface area is 146 Å².